The summed E-state index contributed by atoms with van der Waals surface area (Å²) in [6.45, 7) is 0.590. The molecule has 0 spiro atoms. The molecule has 2 heterocycles. The van der Waals surface area contributed by atoms with Crippen LogP contribution in [0.5, 0.6) is 0 Å². The number of amides is 1. The molecular weight excluding hydrogens is 323 g/mol. The molecule has 2 N–H and O–H groups in total. The van der Waals surface area contributed by atoms with Gasteiger partial charge in [-0.25, -0.2) is 4.39 Å². The summed E-state index contributed by atoms with van der Waals surface area (Å²) >= 11 is 0. The van der Waals surface area contributed by atoms with Crippen LogP contribution in [0.4, 0.5) is 4.39 Å². The minimum Gasteiger partial charge on any atom is -0.381 e. The molecule has 1 atom stereocenters. The number of aliphatic hydroxyl groups is 1. The summed E-state index contributed by atoms with van der Waals surface area (Å²) in [5.74, 6) is -0.418. The lowest BCUT2D eigenvalue weighted by atomic mass is 9.77. The Morgan fingerprint density at radius 2 is 2.00 bits per heavy atom. The van der Waals surface area contributed by atoms with Gasteiger partial charge in [-0.05, 0) is 18.9 Å². The van der Waals surface area contributed by atoms with Gasteiger partial charge in [-0.2, -0.15) is 15.4 Å². The number of β-amino-alcohol motifs (C(OH)–C–C–N with tert-alkyl or cyclic N) is 1. The number of hydrogen-bond donors (Lipinski definition) is 2. The van der Waals surface area contributed by atoms with Crippen LogP contribution in [-0.2, 0) is 15.8 Å². The van der Waals surface area contributed by atoms with E-state index in [0.29, 0.717) is 37.1 Å². The lowest BCUT2D eigenvalue weighted by Crippen LogP contribution is -2.46. The fraction of sp³-hybridized carbons (Fsp3) is 0.500. The number of hydrogen-bond acceptors (Lipinski definition) is 4. The molecule has 1 amide bonds. The van der Waals surface area contributed by atoms with Crippen LogP contribution < -0.4 is 0 Å². The SMILES string of the molecule is O=C(N1CC[C@](O)(c2cn[nH]n2)C1)C1(c2ccccc2F)CCCC1. The smallest absolute Gasteiger partial charge is 0.233 e. The van der Waals surface area contributed by atoms with Gasteiger partial charge in [-0.3, -0.25) is 4.79 Å². The molecule has 4 rings (SSSR count). The number of likely N-dealkylation sites (tertiary alicyclic amines) is 1. The Bertz CT molecular complexity index is 773. The van der Waals surface area contributed by atoms with E-state index in [1.165, 1.54) is 12.3 Å². The number of aromatic nitrogens is 3. The molecule has 2 fully saturated rings. The van der Waals surface area contributed by atoms with Crippen molar-refractivity contribution in [1.82, 2.24) is 20.3 Å². The first-order chi connectivity index (χ1) is 12.1. The highest BCUT2D eigenvalue weighted by molar-refractivity contribution is 5.89. The fourth-order valence-corrected chi connectivity index (χ4v) is 4.33. The van der Waals surface area contributed by atoms with Crippen LogP contribution in [0.25, 0.3) is 0 Å². The fourth-order valence-electron chi connectivity index (χ4n) is 4.33. The normalized spacial score (nSPS) is 25.4. The van der Waals surface area contributed by atoms with Gasteiger partial charge in [0.05, 0.1) is 18.2 Å². The average Bonchev–Trinajstić information content (AvgIpc) is 3.36. The molecule has 7 heteroatoms. The Kier molecular flexibility index (Phi) is 3.83. The third-order valence-electron chi connectivity index (χ3n) is 5.68. The van der Waals surface area contributed by atoms with Gasteiger partial charge in [0.15, 0.2) is 0 Å². The maximum atomic E-state index is 14.5. The second-order valence-corrected chi connectivity index (χ2v) is 7.13. The van der Waals surface area contributed by atoms with Gasteiger partial charge in [0.2, 0.25) is 5.91 Å². The van der Waals surface area contributed by atoms with E-state index in [1.807, 2.05) is 0 Å². The van der Waals surface area contributed by atoms with E-state index in [2.05, 4.69) is 15.4 Å². The summed E-state index contributed by atoms with van der Waals surface area (Å²) in [6, 6.07) is 6.56. The van der Waals surface area contributed by atoms with Crippen LogP contribution in [0.3, 0.4) is 0 Å². The second kappa shape index (κ2) is 5.91. The summed E-state index contributed by atoms with van der Waals surface area (Å²) in [4.78, 5) is 15.0. The molecule has 132 valence electrons. The Morgan fingerprint density at radius 1 is 1.24 bits per heavy atom. The number of halogens is 1. The lowest BCUT2D eigenvalue weighted by molar-refractivity contribution is -0.137. The van der Waals surface area contributed by atoms with Crippen molar-refractivity contribution in [2.24, 2.45) is 0 Å². The van der Waals surface area contributed by atoms with Crippen LogP contribution in [0, 0.1) is 5.82 Å². The molecule has 1 aliphatic carbocycles. The summed E-state index contributed by atoms with van der Waals surface area (Å²) in [5, 5.41) is 21.0. The van der Waals surface area contributed by atoms with Crippen molar-refractivity contribution in [1.29, 1.82) is 0 Å². The van der Waals surface area contributed by atoms with Gasteiger partial charge in [-0.15, -0.1) is 0 Å². The lowest BCUT2D eigenvalue weighted by Gasteiger charge is -2.33. The third kappa shape index (κ3) is 2.54. The number of rotatable bonds is 3. The third-order valence-corrected chi connectivity index (χ3v) is 5.68. The molecule has 25 heavy (non-hydrogen) atoms. The Labute approximate surface area is 145 Å². The molecule has 0 radical (unpaired) electrons. The molecular formula is C18H21FN4O2. The standard InChI is InChI=1S/C18H21FN4O2/c19-14-6-2-1-5-13(14)17(7-3-4-8-17)16(24)23-10-9-18(25,12-23)15-11-20-22-21-15/h1-2,5-6,11,25H,3-4,7-10,12H2,(H,20,21,22)/t18-/m1/s1. The number of nitrogens with zero attached hydrogens (tertiary/aromatic N) is 3. The van der Waals surface area contributed by atoms with Crippen molar-refractivity contribution in [3.63, 3.8) is 0 Å². The Hall–Kier alpha value is -2.28. The van der Waals surface area contributed by atoms with E-state index in [-0.39, 0.29) is 18.3 Å². The molecule has 0 unspecified atom stereocenters. The summed E-state index contributed by atoms with van der Waals surface area (Å²) in [6.07, 6.45) is 4.98. The highest BCUT2D eigenvalue weighted by Gasteiger charge is 2.50. The molecule has 1 aliphatic heterocycles. The zero-order valence-electron chi connectivity index (χ0n) is 13.9. The quantitative estimate of drug-likeness (QED) is 0.891. The molecule has 1 saturated heterocycles. The number of carbonyl (C=O) groups excluding carboxylic acids is 1. The van der Waals surface area contributed by atoms with Gasteiger partial charge in [0, 0.05) is 18.5 Å². The zero-order valence-corrected chi connectivity index (χ0v) is 13.9. The first-order valence-corrected chi connectivity index (χ1v) is 8.68. The summed E-state index contributed by atoms with van der Waals surface area (Å²) in [5.41, 5.74) is -1.10. The van der Waals surface area contributed by atoms with Gasteiger partial charge >= 0.3 is 0 Å². The first-order valence-electron chi connectivity index (χ1n) is 8.68. The molecule has 1 aromatic heterocycles. The number of nitrogens with one attached hydrogen (secondary N) is 1. The maximum Gasteiger partial charge on any atom is 0.233 e. The number of H-pyrrole nitrogens is 1. The van der Waals surface area contributed by atoms with Crippen molar-refractivity contribution in [3.8, 4) is 0 Å². The van der Waals surface area contributed by atoms with Gasteiger partial charge in [0.25, 0.3) is 0 Å². The summed E-state index contributed by atoms with van der Waals surface area (Å²) < 4.78 is 14.5. The van der Waals surface area contributed by atoms with Crippen molar-refractivity contribution in [3.05, 3.63) is 47.5 Å². The van der Waals surface area contributed by atoms with E-state index in [1.54, 1.807) is 23.1 Å². The Morgan fingerprint density at radius 3 is 2.68 bits per heavy atom. The van der Waals surface area contributed by atoms with Gasteiger partial charge < -0.3 is 10.0 Å². The molecule has 1 aromatic carbocycles. The van der Waals surface area contributed by atoms with E-state index in [9.17, 15) is 14.3 Å². The topological polar surface area (TPSA) is 82.1 Å². The molecule has 1 saturated carbocycles. The van der Waals surface area contributed by atoms with Crippen molar-refractivity contribution in [2.75, 3.05) is 13.1 Å². The van der Waals surface area contributed by atoms with E-state index >= 15 is 0 Å². The monoisotopic (exact) mass is 344 g/mol. The predicted molar refractivity (Wildman–Crippen MR) is 88.0 cm³/mol. The Balaban J connectivity index is 1.64. The molecule has 0 bridgehead atoms. The molecule has 2 aromatic rings. The van der Waals surface area contributed by atoms with Crippen molar-refractivity contribution >= 4 is 5.91 Å². The second-order valence-electron chi connectivity index (χ2n) is 7.13. The van der Waals surface area contributed by atoms with Crippen LogP contribution in [-0.4, -0.2) is 44.4 Å². The van der Waals surface area contributed by atoms with Crippen LogP contribution in [0.2, 0.25) is 0 Å². The minimum atomic E-state index is -1.20. The highest BCUT2D eigenvalue weighted by atomic mass is 19.1. The number of carbonyl (C=O) groups is 1. The van der Waals surface area contributed by atoms with Gasteiger partial charge in [0.1, 0.15) is 17.1 Å². The van der Waals surface area contributed by atoms with E-state index < -0.39 is 11.0 Å². The van der Waals surface area contributed by atoms with Crippen molar-refractivity contribution < 1.29 is 14.3 Å². The molecule has 2 aliphatic rings. The zero-order chi connectivity index (χ0) is 17.5. The van der Waals surface area contributed by atoms with Crippen molar-refractivity contribution in [2.45, 2.75) is 43.1 Å². The largest absolute Gasteiger partial charge is 0.381 e. The average molecular weight is 344 g/mol. The van der Waals surface area contributed by atoms with Gasteiger partial charge in [-0.1, -0.05) is 31.0 Å². The van der Waals surface area contributed by atoms with E-state index in [4.69, 9.17) is 0 Å². The van der Waals surface area contributed by atoms with Crippen LogP contribution in [0.1, 0.15) is 43.4 Å². The van der Waals surface area contributed by atoms with E-state index in [0.717, 1.165) is 12.8 Å². The predicted octanol–water partition coefficient (Wildman–Crippen LogP) is 1.88. The van der Waals surface area contributed by atoms with Crippen LogP contribution in [0.15, 0.2) is 30.5 Å². The highest BCUT2D eigenvalue weighted by Crippen LogP contribution is 2.45. The number of aromatic amines is 1. The minimum absolute atomic E-state index is 0.0884. The number of benzene rings is 1. The first kappa shape index (κ1) is 16.2. The van der Waals surface area contributed by atoms with Crippen LogP contribution >= 0.6 is 0 Å². The maximum absolute atomic E-state index is 14.5. The summed E-state index contributed by atoms with van der Waals surface area (Å²) in [7, 11) is 0. The molecule has 6 nitrogen and oxygen atoms in total.